The Morgan fingerprint density at radius 3 is 2.78 bits per heavy atom. The number of nitrogens with two attached hydrogens (primary N) is 1. The number of hydrogen-bond donors (Lipinski definition) is 2. The summed E-state index contributed by atoms with van der Waals surface area (Å²) in [5, 5.41) is 0.689. The van der Waals surface area contributed by atoms with Crippen LogP contribution in [-0.2, 0) is 4.74 Å². The maximum absolute atomic E-state index is 5.81. The van der Waals surface area contributed by atoms with Gasteiger partial charge in [0.05, 0.1) is 6.61 Å². The van der Waals surface area contributed by atoms with E-state index in [1.54, 1.807) is 12.1 Å². The normalized spacial score (nSPS) is 16.7. The molecule has 0 fully saturated rings. The van der Waals surface area contributed by atoms with E-state index in [1.165, 1.54) is 0 Å². The van der Waals surface area contributed by atoms with Gasteiger partial charge in [-0.15, -0.1) is 0 Å². The summed E-state index contributed by atoms with van der Waals surface area (Å²) >= 11 is 5.81. The van der Waals surface area contributed by atoms with E-state index < -0.39 is 0 Å². The molecule has 4 nitrogen and oxygen atoms in total. The third-order valence-electron chi connectivity index (χ3n) is 2.74. The van der Waals surface area contributed by atoms with Crippen molar-refractivity contribution in [3.63, 3.8) is 0 Å². The molecule has 0 amide bonds. The third-order valence-corrected chi connectivity index (χ3v) is 2.99. The van der Waals surface area contributed by atoms with Crippen LogP contribution in [-0.4, -0.2) is 19.3 Å². The molecular weight excluding hydrogens is 252 g/mol. The van der Waals surface area contributed by atoms with Crippen molar-refractivity contribution < 1.29 is 9.47 Å². The zero-order valence-corrected chi connectivity index (χ0v) is 10.8. The van der Waals surface area contributed by atoms with Gasteiger partial charge in [-0.3, -0.25) is 5.84 Å². The highest BCUT2D eigenvalue weighted by atomic mass is 35.5. The van der Waals surface area contributed by atoms with Crippen molar-refractivity contribution >= 4 is 11.6 Å². The fourth-order valence-corrected chi connectivity index (χ4v) is 1.87. The molecule has 1 unspecified atom stereocenters. The van der Waals surface area contributed by atoms with Gasteiger partial charge in [-0.25, -0.2) is 5.43 Å². The van der Waals surface area contributed by atoms with E-state index >= 15 is 0 Å². The molecule has 3 N–H and O–H groups in total. The van der Waals surface area contributed by atoms with Crippen LogP contribution in [0.5, 0.6) is 5.75 Å². The van der Waals surface area contributed by atoms with Crippen LogP contribution in [0.4, 0.5) is 0 Å². The van der Waals surface area contributed by atoms with Crippen molar-refractivity contribution in [3.8, 4) is 5.75 Å². The molecule has 1 heterocycles. The van der Waals surface area contributed by atoms with Crippen molar-refractivity contribution in [1.29, 1.82) is 0 Å². The second-order valence-electron chi connectivity index (χ2n) is 4.08. The number of rotatable bonds is 5. The summed E-state index contributed by atoms with van der Waals surface area (Å²) in [5.41, 5.74) is 2.71. The summed E-state index contributed by atoms with van der Waals surface area (Å²) in [6.45, 7) is 1.16. The molecule has 1 atom stereocenters. The second-order valence-corrected chi connectivity index (χ2v) is 4.52. The smallest absolute Gasteiger partial charge is 0.119 e. The van der Waals surface area contributed by atoms with Gasteiger partial charge in [-0.2, -0.15) is 0 Å². The highest BCUT2D eigenvalue weighted by Crippen LogP contribution is 2.18. The minimum absolute atomic E-state index is 0.124. The molecule has 1 aromatic carbocycles. The van der Waals surface area contributed by atoms with E-state index in [2.05, 4.69) is 11.5 Å². The minimum atomic E-state index is -0.124. The highest BCUT2D eigenvalue weighted by molar-refractivity contribution is 6.30. The van der Waals surface area contributed by atoms with E-state index in [0.717, 1.165) is 31.0 Å². The summed E-state index contributed by atoms with van der Waals surface area (Å²) in [5.74, 6) is 7.14. The van der Waals surface area contributed by atoms with Crippen molar-refractivity contribution in [2.24, 2.45) is 5.84 Å². The lowest BCUT2D eigenvalue weighted by atomic mass is 10.1. The first kappa shape index (κ1) is 13.2. The van der Waals surface area contributed by atoms with Gasteiger partial charge in [0.25, 0.3) is 0 Å². The molecule has 1 aromatic rings. The summed E-state index contributed by atoms with van der Waals surface area (Å²) < 4.78 is 11.2. The standard InChI is InChI=1S/C13H17ClN2O2/c14-10-4-6-11(7-5-10)18-9-12(16-15)13-3-1-2-8-17-13/h3-7,12,16H,1-2,8-9,15H2. The van der Waals surface area contributed by atoms with Crippen molar-refractivity contribution in [1.82, 2.24) is 5.43 Å². The average molecular weight is 269 g/mol. The van der Waals surface area contributed by atoms with E-state index in [9.17, 15) is 0 Å². The zero-order valence-electron chi connectivity index (χ0n) is 10.1. The number of nitrogens with one attached hydrogen (secondary N) is 1. The van der Waals surface area contributed by atoms with Crippen LogP contribution in [0.25, 0.3) is 0 Å². The van der Waals surface area contributed by atoms with Gasteiger partial charge in [0.15, 0.2) is 0 Å². The van der Waals surface area contributed by atoms with Crippen LogP contribution in [0.1, 0.15) is 12.8 Å². The average Bonchev–Trinajstić information content (AvgIpc) is 2.43. The Labute approximate surface area is 112 Å². The monoisotopic (exact) mass is 268 g/mol. The van der Waals surface area contributed by atoms with E-state index in [4.69, 9.17) is 26.9 Å². The number of hydrazine groups is 1. The Morgan fingerprint density at radius 1 is 1.39 bits per heavy atom. The van der Waals surface area contributed by atoms with Crippen LogP contribution >= 0.6 is 11.6 Å². The van der Waals surface area contributed by atoms with Crippen LogP contribution < -0.4 is 16.0 Å². The lowest BCUT2D eigenvalue weighted by molar-refractivity contribution is 0.147. The summed E-state index contributed by atoms with van der Waals surface area (Å²) in [6.07, 6.45) is 4.13. The maximum Gasteiger partial charge on any atom is 0.119 e. The summed E-state index contributed by atoms with van der Waals surface area (Å²) in [4.78, 5) is 0. The fraction of sp³-hybridized carbons (Fsp3) is 0.385. The molecular formula is C13H17ClN2O2. The largest absolute Gasteiger partial charge is 0.496 e. The van der Waals surface area contributed by atoms with Crippen LogP contribution in [0.3, 0.4) is 0 Å². The molecule has 0 saturated heterocycles. The van der Waals surface area contributed by atoms with E-state index in [0.29, 0.717) is 11.6 Å². The minimum Gasteiger partial charge on any atom is -0.496 e. The SMILES string of the molecule is NNC(COc1ccc(Cl)cc1)C1=CCCCO1. The molecule has 0 bridgehead atoms. The van der Waals surface area contributed by atoms with Crippen LogP contribution in [0.2, 0.25) is 5.02 Å². The Kier molecular flexibility index (Phi) is 4.87. The quantitative estimate of drug-likeness (QED) is 0.635. The van der Waals surface area contributed by atoms with Crippen LogP contribution in [0, 0.1) is 0 Å². The zero-order chi connectivity index (χ0) is 12.8. The van der Waals surface area contributed by atoms with Gasteiger partial charge < -0.3 is 9.47 Å². The van der Waals surface area contributed by atoms with Crippen molar-refractivity contribution in [2.45, 2.75) is 18.9 Å². The summed E-state index contributed by atoms with van der Waals surface area (Å²) in [6, 6.07) is 7.11. The number of allylic oxidation sites excluding steroid dienone is 1. The number of hydrogen-bond acceptors (Lipinski definition) is 4. The number of ether oxygens (including phenoxy) is 2. The van der Waals surface area contributed by atoms with Crippen molar-refractivity contribution in [3.05, 3.63) is 41.1 Å². The predicted octanol–water partition coefficient (Wildman–Crippen LogP) is 2.25. The molecule has 98 valence electrons. The van der Waals surface area contributed by atoms with Gasteiger partial charge in [-0.05, 0) is 43.2 Å². The summed E-state index contributed by atoms with van der Waals surface area (Å²) in [7, 11) is 0. The lowest BCUT2D eigenvalue weighted by Crippen LogP contribution is -2.42. The number of halogens is 1. The highest BCUT2D eigenvalue weighted by Gasteiger charge is 2.17. The predicted molar refractivity (Wildman–Crippen MR) is 71.3 cm³/mol. The second kappa shape index (κ2) is 6.64. The van der Waals surface area contributed by atoms with Gasteiger partial charge in [0.1, 0.15) is 24.2 Å². The molecule has 2 rings (SSSR count). The lowest BCUT2D eigenvalue weighted by Gasteiger charge is -2.23. The molecule has 1 aliphatic heterocycles. The van der Waals surface area contributed by atoms with Gasteiger partial charge in [0, 0.05) is 5.02 Å². The van der Waals surface area contributed by atoms with E-state index in [-0.39, 0.29) is 6.04 Å². The molecule has 0 radical (unpaired) electrons. The Bertz CT molecular complexity index is 406. The molecule has 5 heteroatoms. The first-order valence-corrected chi connectivity index (χ1v) is 6.35. The number of benzene rings is 1. The van der Waals surface area contributed by atoms with Gasteiger partial charge in [0.2, 0.25) is 0 Å². The van der Waals surface area contributed by atoms with Crippen LogP contribution in [0.15, 0.2) is 36.1 Å². The molecule has 18 heavy (non-hydrogen) atoms. The van der Waals surface area contributed by atoms with Crippen molar-refractivity contribution in [2.75, 3.05) is 13.2 Å². The Balaban J connectivity index is 1.90. The Hall–Kier alpha value is -1.23. The maximum atomic E-state index is 5.81. The molecule has 0 aromatic heterocycles. The molecule has 0 spiro atoms. The third kappa shape index (κ3) is 3.63. The molecule has 1 aliphatic rings. The van der Waals surface area contributed by atoms with E-state index in [1.807, 2.05) is 12.1 Å². The molecule has 0 saturated carbocycles. The van der Waals surface area contributed by atoms with Gasteiger partial charge in [-0.1, -0.05) is 11.6 Å². The van der Waals surface area contributed by atoms with Gasteiger partial charge >= 0.3 is 0 Å². The first-order chi connectivity index (χ1) is 8.79. The Morgan fingerprint density at radius 2 is 2.17 bits per heavy atom. The topological polar surface area (TPSA) is 56.5 Å². The fourth-order valence-electron chi connectivity index (χ4n) is 1.74. The molecule has 0 aliphatic carbocycles. The first-order valence-electron chi connectivity index (χ1n) is 5.97.